The fourth-order valence-corrected chi connectivity index (χ4v) is 3.29. The van der Waals surface area contributed by atoms with Crippen LogP contribution in [0.1, 0.15) is 31.2 Å². The van der Waals surface area contributed by atoms with Crippen LogP contribution < -0.4 is 5.32 Å². The molecule has 0 atom stereocenters. The summed E-state index contributed by atoms with van der Waals surface area (Å²) < 4.78 is 27.4. The average molecular weight is 336 g/mol. The highest BCUT2D eigenvalue weighted by molar-refractivity contribution is 5.90. The lowest BCUT2D eigenvalue weighted by Gasteiger charge is -2.30. The summed E-state index contributed by atoms with van der Waals surface area (Å²) in [5.41, 5.74) is -0.0775. The van der Waals surface area contributed by atoms with E-state index in [4.69, 9.17) is 0 Å². The zero-order chi connectivity index (χ0) is 17.7. The van der Waals surface area contributed by atoms with Crippen LogP contribution >= 0.6 is 0 Å². The second kappa shape index (κ2) is 7.55. The number of amides is 2. The van der Waals surface area contributed by atoms with E-state index >= 15 is 0 Å². The molecule has 1 aliphatic carbocycles. The highest BCUT2D eigenvalue weighted by Crippen LogP contribution is 2.41. The zero-order valence-corrected chi connectivity index (χ0v) is 13.8. The molecule has 1 fully saturated rings. The van der Waals surface area contributed by atoms with Crippen LogP contribution in [0.15, 0.2) is 30.9 Å². The number of carbonyl (C=O) groups excluding carboxylic acids is 2. The van der Waals surface area contributed by atoms with Crippen LogP contribution in [-0.4, -0.2) is 36.9 Å². The van der Waals surface area contributed by atoms with Crippen LogP contribution in [0.2, 0.25) is 0 Å². The van der Waals surface area contributed by atoms with Crippen molar-refractivity contribution in [3.8, 4) is 0 Å². The van der Waals surface area contributed by atoms with Gasteiger partial charge in [-0.3, -0.25) is 9.59 Å². The Morgan fingerprint density at radius 2 is 2.00 bits per heavy atom. The van der Waals surface area contributed by atoms with Gasteiger partial charge in [0, 0.05) is 25.1 Å². The van der Waals surface area contributed by atoms with E-state index in [1.54, 1.807) is 0 Å². The molecule has 0 aliphatic heterocycles. The molecule has 6 heteroatoms. The minimum Gasteiger partial charge on any atom is -0.354 e. The molecule has 1 aromatic carbocycles. The Labute approximate surface area is 140 Å². The van der Waals surface area contributed by atoms with Gasteiger partial charge in [0.2, 0.25) is 11.8 Å². The number of rotatable bonds is 6. The van der Waals surface area contributed by atoms with Crippen molar-refractivity contribution in [3.63, 3.8) is 0 Å². The second-order valence-corrected chi connectivity index (χ2v) is 6.29. The Bertz CT molecular complexity index is 640. The van der Waals surface area contributed by atoms with Crippen LogP contribution in [0, 0.1) is 11.6 Å². The predicted molar refractivity (Wildman–Crippen MR) is 87.3 cm³/mol. The van der Waals surface area contributed by atoms with Gasteiger partial charge in [-0.05, 0) is 30.5 Å². The largest absolute Gasteiger partial charge is 0.354 e. The standard InChI is InChI=1S/C18H22F2N2O2/c1-3-17(24)22(2)11-16(23)21-12-18(8-4-5-9-18)14-7-6-13(19)10-15(14)20/h3,6-7,10H,1,4-5,8-9,11-12H2,2H3,(H,21,23). The van der Waals surface area contributed by atoms with Crippen LogP contribution in [0.4, 0.5) is 8.78 Å². The van der Waals surface area contributed by atoms with Crippen molar-refractivity contribution in [1.29, 1.82) is 0 Å². The van der Waals surface area contributed by atoms with Gasteiger partial charge < -0.3 is 10.2 Å². The van der Waals surface area contributed by atoms with Crippen LogP contribution in [0.25, 0.3) is 0 Å². The first-order valence-electron chi connectivity index (χ1n) is 7.98. The van der Waals surface area contributed by atoms with E-state index in [1.807, 2.05) is 0 Å². The lowest BCUT2D eigenvalue weighted by molar-refractivity contribution is -0.131. The van der Waals surface area contributed by atoms with Crippen molar-refractivity contribution in [2.45, 2.75) is 31.1 Å². The molecule has 1 N–H and O–H groups in total. The number of benzene rings is 1. The van der Waals surface area contributed by atoms with Crippen LogP contribution in [0.5, 0.6) is 0 Å². The van der Waals surface area contributed by atoms with E-state index < -0.39 is 17.0 Å². The third-order valence-electron chi connectivity index (χ3n) is 4.62. The van der Waals surface area contributed by atoms with Crippen LogP contribution in [0.3, 0.4) is 0 Å². The van der Waals surface area contributed by atoms with Crippen molar-refractivity contribution in [2.24, 2.45) is 0 Å². The Morgan fingerprint density at radius 3 is 2.58 bits per heavy atom. The van der Waals surface area contributed by atoms with Gasteiger partial charge in [-0.2, -0.15) is 0 Å². The molecule has 0 unspecified atom stereocenters. The highest BCUT2D eigenvalue weighted by atomic mass is 19.1. The SMILES string of the molecule is C=CC(=O)N(C)CC(=O)NCC1(c2ccc(F)cc2F)CCCC1. The van der Waals surface area contributed by atoms with E-state index in [0.717, 1.165) is 37.8 Å². The van der Waals surface area contributed by atoms with Crippen molar-refractivity contribution >= 4 is 11.8 Å². The number of likely N-dealkylation sites (N-methyl/N-ethyl adjacent to an activating group) is 1. The third kappa shape index (κ3) is 3.99. The minimum absolute atomic E-state index is 0.0904. The van der Waals surface area contributed by atoms with Gasteiger partial charge in [0.1, 0.15) is 11.6 Å². The lowest BCUT2D eigenvalue weighted by atomic mass is 9.78. The van der Waals surface area contributed by atoms with E-state index in [-0.39, 0.29) is 24.9 Å². The first-order valence-corrected chi connectivity index (χ1v) is 7.98. The fourth-order valence-electron chi connectivity index (χ4n) is 3.29. The topological polar surface area (TPSA) is 49.4 Å². The maximum absolute atomic E-state index is 14.2. The van der Waals surface area contributed by atoms with Gasteiger partial charge in [0.25, 0.3) is 0 Å². The first kappa shape index (κ1) is 18.1. The smallest absolute Gasteiger partial charge is 0.246 e. The van der Waals surface area contributed by atoms with Gasteiger partial charge >= 0.3 is 0 Å². The highest BCUT2D eigenvalue weighted by Gasteiger charge is 2.38. The Kier molecular flexibility index (Phi) is 5.70. The molecule has 4 nitrogen and oxygen atoms in total. The minimum atomic E-state index is -0.613. The van der Waals surface area contributed by atoms with Gasteiger partial charge in [-0.1, -0.05) is 25.5 Å². The quantitative estimate of drug-likeness (QED) is 0.812. The summed E-state index contributed by atoms with van der Waals surface area (Å²) in [6.45, 7) is 3.55. The molecule has 24 heavy (non-hydrogen) atoms. The number of nitrogens with zero attached hydrogens (tertiary/aromatic N) is 1. The summed E-state index contributed by atoms with van der Waals surface area (Å²) >= 11 is 0. The zero-order valence-electron chi connectivity index (χ0n) is 13.8. The van der Waals surface area contributed by atoms with Gasteiger partial charge in [-0.15, -0.1) is 0 Å². The molecule has 0 bridgehead atoms. The molecule has 0 radical (unpaired) electrons. The van der Waals surface area contributed by atoms with Crippen LogP contribution in [-0.2, 0) is 15.0 Å². The summed E-state index contributed by atoms with van der Waals surface area (Å²) in [5.74, 6) is -1.85. The average Bonchev–Trinajstić information content (AvgIpc) is 3.01. The molecule has 130 valence electrons. The van der Waals surface area contributed by atoms with Crippen molar-refractivity contribution in [1.82, 2.24) is 10.2 Å². The fraction of sp³-hybridized carbons (Fsp3) is 0.444. The third-order valence-corrected chi connectivity index (χ3v) is 4.62. The summed E-state index contributed by atoms with van der Waals surface area (Å²) in [6.07, 6.45) is 4.47. The molecule has 1 saturated carbocycles. The first-order chi connectivity index (χ1) is 11.4. The maximum atomic E-state index is 14.2. The predicted octanol–water partition coefficient (Wildman–Crippen LogP) is 2.54. The van der Waals surface area contributed by atoms with Gasteiger partial charge in [0.05, 0.1) is 6.54 Å². The van der Waals surface area contributed by atoms with Crippen molar-refractivity contribution in [2.75, 3.05) is 20.1 Å². The van der Waals surface area contributed by atoms with E-state index in [1.165, 1.54) is 24.1 Å². The Hall–Kier alpha value is -2.24. The second-order valence-electron chi connectivity index (χ2n) is 6.29. The van der Waals surface area contributed by atoms with Crippen molar-refractivity contribution in [3.05, 3.63) is 48.1 Å². The monoisotopic (exact) mass is 336 g/mol. The Balaban J connectivity index is 2.07. The molecule has 2 rings (SSSR count). The number of hydrogen-bond donors (Lipinski definition) is 1. The van der Waals surface area contributed by atoms with E-state index in [9.17, 15) is 18.4 Å². The van der Waals surface area contributed by atoms with Gasteiger partial charge in [-0.25, -0.2) is 8.78 Å². The van der Waals surface area contributed by atoms with Gasteiger partial charge in [0.15, 0.2) is 0 Å². The molecule has 2 amide bonds. The molecular weight excluding hydrogens is 314 g/mol. The number of nitrogens with one attached hydrogen (secondary N) is 1. The molecule has 1 aliphatic rings. The normalized spacial score (nSPS) is 15.8. The molecule has 0 aromatic heterocycles. The van der Waals surface area contributed by atoms with Crippen molar-refractivity contribution < 1.29 is 18.4 Å². The number of hydrogen-bond acceptors (Lipinski definition) is 2. The molecule has 1 aromatic rings. The maximum Gasteiger partial charge on any atom is 0.246 e. The summed E-state index contributed by atoms with van der Waals surface area (Å²) in [5, 5.41) is 2.79. The molecule has 0 heterocycles. The summed E-state index contributed by atoms with van der Waals surface area (Å²) in [4.78, 5) is 24.7. The molecular formula is C18H22F2N2O2. The lowest BCUT2D eigenvalue weighted by Crippen LogP contribution is -2.44. The summed E-state index contributed by atoms with van der Waals surface area (Å²) in [7, 11) is 1.51. The van der Waals surface area contributed by atoms with E-state index in [2.05, 4.69) is 11.9 Å². The van der Waals surface area contributed by atoms with E-state index in [0.29, 0.717) is 5.56 Å². The molecule has 0 spiro atoms. The number of carbonyl (C=O) groups is 2. The molecule has 0 saturated heterocycles. The number of halogens is 2. The summed E-state index contributed by atoms with van der Waals surface area (Å²) in [6, 6.07) is 3.60. The Morgan fingerprint density at radius 1 is 1.33 bits per heavy atom.